The van der Waals surface area contributed by atoms with Gasteiger partial charge in [0.25, 0.3) is 0 Å². The molecule has 0 bridgehead atoms. The van der Waals surface area contributed by atoms with Crippen LogP contribution in [0.15, 0.2) is 53.4 Å². The minimum Gasteiger partial charge on any atom is -0.333 e. The van der Waals surface area contributed by atoms with Crippen molar-refractivity contribution in [1.29, 1.82) is 0 Å². The lowest BCUT2D eigenvalue weighted by Crippen LogP contribution is -2.35. The number of fused-ring (bicyclic) bond motifs is 1. The van der Waals surface area contributed by atoms with Crippen LogP contribution in [0.5, 0.6) is 0 Å². The van der Waals surface area contributed by atoms with Gasteiger partial charge in [-0.1, -0.05) is 30.7 Å². The molecule has 2 saturated heterocycles. The summed E-state index contributed by atoms with van der Waals surface area (Å²) in [5.74, 6) is 0.141. The Morgan fingerprint density at radius 2 is 1.73 bits per heavy atom. The minimum atomic E-state index is -3.42. The molecule has 2 aliphatic heterocycles. The van der Waals surface area contributed by atoms with E-state index in [2.05, 4.69) is 6.07 Å². The molecule has 2 fully saturated rings. The zero-order chi connectivity index (χ0) is 22.8. The second kappa shape index (κ2) is 9.52. The fraction of sp³-hybridized carbons (Fsp3) is 0.440. The molecule has 0 aliphatic carbocycles. The fourth-order valence-corrected chi connectivity index (χ4v) is 7.46. The molecule has 0 saturated carbocycles. The minimum absolute atomic E-state index is 0.0620. The average Bonchev–Trinajstić information content (AvgIpc) is 3.50. The quantitative estimate of drug-likeness (QED) is 0.507. The Bertz CT molecular complexity index is 1200. The highest BCUT2D eigenvalue weighted by Gasteiger charge is 2.32. The topological polar surface area (TPSA) is 70.6 Å². The molecule has 0 N–H and O–H groups in total. The summed E-state index contributed by atoms with van der Waals surface area (Å²) in [5.41, 5.74) is 1.98. The molecule has 1 aromatic heterocycles. The Morgan fingerprint density at radius 1 is 0.970 bits per heavy atom. The van der Waals surface area contributed by atoms with E-state index in [1.165, 1.54) is 0 Å². The summed E-state index contributed by atoms with van der Waals surface area (Å²) in [6, 6.07) is 15.2. The van der Waals surface area contributed by atoms with Crippen molar-refractivity contribution < 1.29 is 13.2 Å². The van der Waals surface area contributed by atoms with E-state index in [0.29, 0.717) is 30.8 Å². The van der Waals surface area contributed by atoms with Gasteiger partial charge >= 0.3 is 0 Å². The van der Waals surface area contributed by atoms with Crippen molar-refractivity contribution >= 4 is 37.5 Å². The molecule has 2 aliphatic rings. The Labute approximate surface area is 199 Å². The summed E-state index contributed by atoms with van der Waals surface area (Å²) in [7, 11) is -3.42. The number of hydrogen-bond donors (Lipinski definition) is 0. The molecule has 33 heavy (non-hydrogen) atoms. The van der Waals surface area contributed by atoms with E-state index < -0.39 is 10.0 Å². The zero-order valence-corrected chi connectivity index (χ0v) is 20.3. The van der Waals surface area contributed by atoms with Gasteiger partial charge in [0.2, 0.25) is 15.9 Å². The Hall–Kier alpha value is -2.29. The molecule has 3 aromatic rings. The molecule has 0 radical (unpaired) electrons. The summed E-state index contributed by atoms with van der Waals surface area (Å²) < 4.78 is 28.4. The monoisotopic (exact) mass is 483 g/mol. The second-order valence-corrected chi connectivity index (χ2v) is 11.9. The van der Waals surface area contributed by atoms with Gasteiger partial charge in [-0.05, 0) is 61.9 Å². The number of sulfonamides is 1. The van der Waals surface area contributed by atoms with E-state index in [0.717, 1.165) is 59.4 Å². The van der Waals surface area contributed by atoms with Crippen LogP contribution in [-0.4, -0.2) is 48.1 Å². The zero-order valence-electron chi connectivity index (χ0n) is 18.7. The molecule has 0 spiro atoms. The SMILES string of the molecule is O=C(CCc1ccc(S(=O)(=O)N2CCCCC2)cc1)N1CCCC1c1nc2ccccc2s1. The highest BCUT2D eigenvalue weighted by Crippen LogP contribution is 2.36. The first-order valence-electron chi connectivity index (χ1n) is 11.8. The van der Waals surface area contributed by atoms with Crippen LogP contribution < -0.4 is 0 Å². The predicted octanol–water partition coefficient (Wildman–Crippen LogP) is 4.77. The van der Waals surface area contributed by atoms with E-state index in [-0.39, 0.29) is 11.9 Å². The Morgan fingerprint density at radius 3 is 2.48 bits per heavy atom. The molecular formula is C25H29N3O3S2. The molecule has 174 valence electrons. The normalized spacial score (nSPS) is 19.9. The number of para-hydroxylation sites is 1. The molecule has 1 atom stereocenters. The molecule has 3 heterocycles. The van der Waals surface area contributed by atoms with Crippen molar-refractivity contribution in [2.75, 3.05) is 19.6 Å². The van der Waals surface area contributed by atoms with Crippen LogP contribution in [0.25, 0.3) is 10.2 Å². The van der Waals surface area contributed by atoms with Crippen LogP contribution in [-0.2, 0) is 21.2 Å². The first kappa shape index (κ1) is 22.5. The van der Waals surface area contributed by atoms with Crippen molar-refractivity contribution in [3.63, 3.8) is 0 Å². The van der Waals surface area contributed by atoms with E-state index >= 15 is 0 Å². The number of benzene rings is 2. The highest BCUT2D eigenvalue weighted by molar-refractivity contribution is 7.89. The number of rotatable bonds is 6. The van der Waals surface area contributed by atoms with E-state index in [9.17, 15) is 13.2 Å². The Balaban J connectivity index is 1.22. The number of likely N-dealkylation sites (tertiary alicyclic amines) is 1. The lowest BCUT2D eigenvalue weighted by molar-refractivity contribution is -0.132. The van der Waals surface area contributed by atoms with Crippen LogP contribution in [0.4, 0.5) is 0 Å². The standard InChI is InChI=1S/C25H29N3O3S2/c29-24(28-18-6-8-22(28)25-26-21-7-2-3-9-23(21)32-25)15-12-19-10-13-20(14-11-19)33(30,31)27-16-4-1-5-17-27/h2-3,7,9-11,13-14,22H,1,4-6,8,12,15-18H2. The van der Waals surface area contributed by atoms with E-state index in [1.807, 2.05) is 35.2 Å². The lowest BCUT2D eigenvalue weighted by atomic mass is 10.1. The number of thiazole rings is 1. The molecule has 1 amide bonds. The van der Waals surface area contributed by atoms with Gasteiger partial charge in [0, 0.05) is 26.1 Å². The first-order chi connectivity index (χ1) is 16.0. The number of aromatic nitrogens is 1. The lowest BCUT2D eigenvalue weighted by Gasteiger charge is -2.26. The third-order valence-corrected chi connectivity index (χ3v) is 9.72. The number of aryl methyl sites for hydroxylation is 1. The number of piperidine rings is 1. The third kappa shape index (κ3) is 4.69. The molecular weight excluding hydrogens is 454 g/mol. The van der Waals surface area contributed by atoms with Crippen LogP contribution in [0.3, 0.4) is 0 Å². The van der Waals surface area contributed by atoms with E-state index in [4.69, 9.17) is 4.98 Å². The molecule has 5 rings (SSSR count). The van der Waals surface area contributed by atoms with Gasteiger partial charge in [-0.2, -0.15) is 4.31 Å². The van der Waals surface area contributed by atoms with Crippen LogP contribution in [0, 0.1) is 0 Å². The largest absolute Gasteiger partial charge is 0.333 e. The maximum Gasteiger partial charge on any atom is 0.243 e. The summed E-state index contributed by atoms with van der Waals surface area (Å²) in [6.07, 6.45) is 5.91. The fourth-order valence-electron chi connectivity index (χ4n) is 4.83. The van der Waals surface area contributed by atoms with Crippen LogP contribution in [0.1, 0.15) is 55.1 Å². The predicted molar refractivity (Wildman–Crippen MR) is 131 cm³/mol. The molecule has 8 heteroatoms. The second-order valence-electron chi connectivity index (χ2n) is 8.87. The number of nitrogens with zero attached hydrogens (tertiary/aromatic N) is 3. The van der Waals surface area contributed by atoms with Crippen LogP contribution >= 0.6 is 11.3 Å². The number of carbonyl (C=O) groups is 1. The van der Waals surface area contributed by atoms with Crippen molar-refractivity contribution in [3.8, 4) is 0 Å². The van der Waals surface area contributed by atoms with Gasteiger partial charge < -0.3 is 4.90 Å². The summed E-state index contributed by atoms with van der Waals surface area (Å²) >= 11 is 1.68. The van der Waals surface area contributed by atoms with Crippen molar-refractivity contribution in [3.05, 3.63) is 59.1 Å². The van der Waals surface area contributed by atoms with E-state index in [1.54, 1.807) is 27.8 Å². The van der Waals surface area contributed by atoms with Gasteiger partial charge in [-0.15, -0.1) is 11.3 Å². The van der Waals surface area contributed by atoms with Gasteiger partial charge in [0.05, 0.1) is 21.2 Å². The average molecular weight is 484 g/mol. The summed E-state index contributed by atoms with van der Waals surface area (Å²) in [6.45, 7) is 1.97. The maximum absolute atomic E-state index is 13.1. The smallest absolute Gasteiger partial charge is 0.243 e. The van der Waals surface area contributed by atoms with Gasteiger partial charge in [-0.25, -0.2) is 13.4 Å². The highest BCUT2D eigenvalue weighted by atomic mass is 32.2. The van der Waals surface area contributed by atoms with Crippen LogP contribution in [0.2, 0.25) is 0 Å². The Kier molecular flexibility index (Phi) is 6.49. The molecule has 6 nitrogen and oxygen atoms in total. The summed E-state index contributed by atoms with van der Waals surface area (Å²) in [4.78, 5) is 20.2. The van der Waals surface area contributed by atoms with Crippen molar-refractivity contribution in [2.24, 2.45) is 0 Å². The van der Waals surface area contributed by atoms with Crippen molar-refractivity contribution in [1.82, 2.24) is 14.2 Å². The number of amides is 1. The maximum atomic E-state index is 13.1. The van der Waals surface area contributed by atoms with Gasteiger partial charge in [0.15, 0.2) is 0 Å². The third-order valence-electron chi connectivity index (χ3n) is 6.67. The van der Waals surface area contributed by atoms with Gasteiger partial charge in [0.1, 0.15) is 5.01 Å². The number of carbonyl (C=O) groups excluding carboxylic acids is 1. The summed E-state index contributed by atoms with van der Waals surface area (Å²) in [5, 5.41) is 1.02. The molecule has 2 aromatic carbocycles. The van der Waals surface area contributed by atoms with Gasteiger partial charge in [-0.3, -0.25) is 4.79 Å². The van der Waals surface area contributed by atoms with Crippen molar-refractivity contribution in [2.45, 2.75) is 55.9 Å². The number of hydrogen-bond acceptors (Lipinski definition) is 5. The molecule has 1 unspecified atom stereocenters. The first-order valence-corrected chi connectivity index (χ1v) is 14.0.